The number of nitrogens with zero attached hydrogens (tertiary/aromatic N) is 2. The fourth-order valence-electron chi connectivity index (χ4n) is 0. The molecule has 0 saturated carbocycles. The van der Waals surface area contributed by atoms with Crippen molar-refractivity contribution in [3.8, 4) is 0 Å². The molecule has 0 aromatic heterocycles. The monoisotopic (exact) mass is 214 g/mol. The second kappa shape index (κ2) is 10.3. The summed E-state index contributed by atoms with van der Waals surface area (Å²) in [5.41, 5.74) is 0. The molecule has 0 amide bonds. The summed E-state index contributed by atoms with van der Waals surface area (Å²) in [5.74, 6) is 0. The largest absolute Gasteiger partial charge is 1.00 e. The SMILES string of the molecule is C[N+](C)(C)C.C[N+](C)(C)C.C[O-].[Cl-]. The van der Waals surface area contributed by atoms with E-state index in [2.05, 4.69) is 56.4 Å². The lowest BCUT2D eigenvalue weighted by atomic mass is 10.8. The molecule has 0 aliphatic rings. The second-order valence-corrected chi connectivity index (χ2v) is 5.37. The highest BCUT2D eigenvalue weighted by Crippen LogP contribution is 1.74. The third-order valence-electron chi connectivity index (χ3n) is 0. The van der Waals surface area contributed by atoms with Crippen LogP contribution < -0.4 is 17.5 Å². The van der Waals surface area contributed by atoms with Crippen LogP contribution in [0.15, 0.2) is 0 Å². The molecule has 4 heteroatoms. The molecule has 0 spiro atoms. The van der Waals surface area contributed by atoms with Gasteiger partial charge in [-0.05, 0) is 0 Å². The highest BCUT2D eigenvalue weighted by atomic mass is 35.5. The molecule has 0 bridgehead atoms. The van der Waals surface area contributed by atoms with E-state index >= 15 is 0 Å². The Hall–Kier alpha value is 0.170. The fraction of sp³-hybridized carbons (Fsp3) is 1.00. The fourth-order valence-corrected chi connectivity index (χ4v) is 0. The topological polar surface area (TPSA) is 23.1 Å². The molecular weight excluding hydrogens is 188 g/mol. The smallest absolute Gasteiger partial charge is 0.0675 e. The minimum Gasteiger partial charge on any atom is -1.00 e. The van der Waals surface area contributed by atoms with Gasteiger partial charge in [-0.1, -0.05) is 0 Å². The van der Waals surface area contributed by atoms with Crippen molar-refractivity contribution >= 4 is 0 Å². The molecule has 0 aliphatic carbocycles. The first-order valence-electron chi connectivity index (χ1n) is 3.99. The van der Waals surface area contributed by atoms with Crippen LogP contribution in [0.5, 0.6) is 0 Å². The maximum atomic E-state index is 8.25. The number of quaternary nitrogens is 2. The summed E-state index contributed by atoms with van der Waals surface area (Å²) < 4.78 is 2.00. The Kier molecular flexibility index (Phi) is 18.3. The molecule has 0 atom stereocenters. The summed E-state index contributed by atoms with van der Waals surface area (Å²) >= 11 is 0. The maximum absolute atomic E-state index is 8.25. The van der Waals surface area contributed by atoms with Gasteiger partial charge in [-0.15, -0.1) is 0 Å². The predicted molar refractivity (Wildman–Crippen MR) is 53.8 cm³/mol. The molecule has 0 fully saturated rings. The van der Waals surface area contributed by atoms with Crippen molar-refractivity contribution in [3.05, 3.63) is 0 Å². The molecule has 0 radical (unpaired) electrons. The average molecular weight is 215 g/mol. The van der Waals surface area contributed by atoms with Crippen LogP contribution in [0.4, 0.5) is 0 Å². The molecule has 13 heavy (non-hydrogen) atoms. The average Bonchev–Trinajstić information content (AvgIpc) is 1.59. The van der Waals surface area contributed by atoms with Crippen molar-refractivity contribution in [2.75, 3.05) is 63.5 Å². The molecule has 0 aliphatic heterocycles. The molecule has 0 unspecified atom stereocenters. The molecule has 0 aromatic carbocycles. The van der Waals surface area contributed by atoms with Gasteiger partial charge in [0, 0.05) is 0 Å². The van der Waals surface area contributed by atoms with Gasteiger partial charge in [0.1, 0.15) is 0 Å². The van der Waals surface area contributed by atoms with Crippen LogP contribution in [-0.4, -0.2) is 72.5 Å². The summed E-state index contributed by atoms with van der Waals surface area (Å²) in [6.45, 7) is 0. The van der Waals surface area contributed by atoms with Crippen LogP contribution in [0, 0.1) is 0 Å². The van der Waals surface area contributed by atoms with Gasteiger partial charge in [-0.3, -0.25) is 0 Å². The molecule has 0 rings (SSSR count). The molecule has 0 aromatic rings. The summed E-state index contributed by atoms with van der Waals surface area (Å²) in [6.07, 6.45) is 0. The lowest BCUT2D eigenvalue weighted by molar-refractivity contribution is -0.849. The normalized spacial score (nSPS) is 9.69. The van der Waals surface area contributed by atoms with Crippen molar-refractivity contribution in [2.45, 2.75) is 0 Å². The molecule has 0 heterocycles. The van der Waals surface area contributed by atoms with Gasteiger partial charge in [0.05, 0.1) is 56.4 Å². The zero-order chi connectivity index (χ0) is 11.0. The van der Waals surface area contributed by atoms with Gasteiger partial charge in [0.2, 0.25) is 0 Å². The van der Waals surface area contributed by atoms with E-state index in [9.17, 15) is 0 Å². The van der Waals surface area contributed by atoms with Crippen LogP contribution in [-0.2, 0) is 0 Å². The van der Waals surface area contributed by atoms with E-state index in [1.54, 1.807) is 0 Å². The van der Waals surface area contributed by atoms with Crippen LogP contribution >= 0.6 is 0 Å². The molecule has 0 saturated heterocycles. The van der Waals surface area contributed by atoms with E-state index in [1.165, 1.54) is 0 Å². The first-order chi connectivity index (χ1) is 5.00. The lowest BCUT2D eigenvalue weighted by Gasteiger charge is -2.14. The minimum absolute atomic E-state index is 0. The zero-order valence-corrected chi connectivity index (χ0v) is 11.4. The number of rotatable bonds is 0. The molecule has 0 N–H and O–H groups in total. The Bertz CT molecular complexity index is 60.6. The van der Waals surface area contributed by atoms with E-state index in [-0.39, 0.29) is 12.4 Å². The number of halogens is 1. The van der Waals surface area contributed by atoms with E-state index in [1.807, 2.05) is 0 Å². The standard InChI is InChI=1S/2C4H12N.CH3O.ClH/c2*1-5(2,3)4;1-2;/h2*1-4H3;1H3;1H/q2*+1;-1;/p-1. The van der Waals surface area contributed by atoms with E-state index < -0.39 is 0 Å². The predicted octanol–water partition coefficient (Wildman–Crippen LogP) is -3.37. The van der Waals surface area contributed by atoms with Crippen LogP contribution in [0.25, 0.3) is 0 Å². The molecule has 3 nitrogen and oxygen atoms in total. The second-order valence-electron chi connectivity index (χ2n) is 5.37. The first-order valence-corrected chi connectivity index (χ1v) is 3.99. The molecular formula is C9H27ClN2O. The summed E-state index contributed by atoms with van der Waals surface area (Å²) in [5, 5.41) is 8.25. The van der Waals surface area contributed by atoms with Crippen LogP contribution in [0.3, 0.4) is 0 Å². The number of hydrogen-bond acceptors (Lipinski definition) is 1. The van der Waals surface area contributed by atoms with Crippen LogP contribution in [0.2, 0.25) is 0 Å². The van der Waals surface area contributed by atoms with Gasteiger partial charge in [-0.25, -0.2) is 0 Å². The zero-order valence-electron chi connectivity index (χ0n) is 10.7. The Balaban J connectivity index is -0.0000000491. The van der Waals surface area contributed by atoms with Crippen LogP contribution in [0.1, 0.15) is 0 Å². The Morgan fingerprint density at radius 2 is 0.538 bits per heavy atom. The highest BCUT2D eigenvalue weighted by molar-refractivity contribution is 3.87. The van der Waals surface area contributed by atoms with Crippen molar-refractivity contribution in [3.63, 3.8) is 0 Å². The van der Waals surface area contributed by atoms with E-state index in [0.717, 1.165) is 16.1 Å². The third-order valence-corrected chi connectivity index (χ3v) is 0. The van der Waals surface area contributed by atoms with E-state index in [4.69, 9.17) is 5.11 Å². The van der Waals surface area contributed by atoms with Crippen molar-refractivity contribution in [2.24, 2.45) is 0 Å². The van der Waals surface area contributed by atoms with Gasteiger partial charge in [-0.2, -0.15) is 7.11 Å². The quantitative estimate of drug-likeness (QED) is 0.386. The summed E-state index contributed by atoms with van der Waals surface area (Å²) in [7, 11) is 17.8. The van der Waals surface area contributed by atoms with Crippen molar-refractivity contribution in [1.29, 1.82) is 0 Å². The highest BCUT2D eigenvalue weighted by Gasteiger charge is 1.88. The number of hydrogen-bond donors (Lipinski definition) is 0. The van der Waals surface area contributed by atoms with Gasteiger partial charge >= 0.3 is 0 Å². The summed E-state index contributed by atoms with van der Waals surface area (Å²) in [6, 6.07) is 0. The Morgan fingerprint density at radius 3 is 0.538 bits per heavy atom. The lowest BCUT2D eigenvalue weighted by Crippen LogP contribution is -3.00. The third kappa shape index (κ3) is 43600. The summed E-state index contributed by atoms with van der Waals surface area (Å²) in [4.78, 5) is 0. The molecule has 86 valence electrons. The maximum Gasteiger partial charge on any atom is 0.0675 e. The Labute approximate surface area is 90.6 Å². The van der Waals surface area contributed by atoms with Gasteiger partial charge < -0.3 is 26.5 Å². The van der Waals surface area contributed by atoms with Gasteiger partial charge in [0.25, 0.3) is 0 Å². The minimum atomic E-state index is 0. The van der Waals surface area contributed by atoms with Crippen molar-refractivity contribution in [1.82, 2.24) is 0 Å². The van der Waals surface area contributed by atoms with Gasteiger partial charge in [0.15, 0.2) is 0 Å². The Morgan fingerprint density at radius 1 is 0.538 bits per heavy atom. The first kappa shape index (κ1) is 23.2. The van der Waals surface area contributed by atoms with Crippen molar-refractivity contribution < 1.29 is 26.5 Å². The van der Waals surface area contributed by atoms with E-state index in [0.29, 0.717) is 0 Å².